The number of anilines is 1. The maximum atomic E-state index is 11.2. The molecule has 0 saturated carbocycles. The van der Waals surface area contributed by atoms with E-state index in [2.05, 4.69) is 0 Å². The van der Waals surface area contributed by atoms with Crippen LogP contribution in [0.2, 0.25) is 0 Å². The van der Waals surface area contributed by atoms with E-state index < -0.39 is 42.1 Å². The molecule has 0 aromatic heterocycles. The van der Waals surface area contributed by atoms with Gasteiger partial charge in [-0.25, -0.2) is 4.79 Å². The maximum Gasteiger partial charge on any atom is 0.337 e. The van der Waals surface area contributed by atoms with E-state index >= 15 is 0 Å². The molecular weight excluding hydrogens is 298 g/mol. The van der Waals surface area contributed by atoms with Gasteiger partial charge in [0.1, 0.15) is 0 Å². The van der Waals surface area contributed by atoms with Gasteiger partial charge < -0.3 is 26.2 Å². The van der Waals surface area contributed by atoms with Crippen LogP contribution in [0.5, 0.6) is 0 Å². The van der Waals surface area contributed by atoms with Crippen molar-refractivity contribution in [1.82, 2.24) is 0 Å². The van der Waals surface area contributed by atoms with E-state index in [-0.39, 0.29) is 16.8 Å². The van der Waals surface area contributed by atoms with Gasteiger partial charge in [0.2, 0.25) is 0 Å². The third-order valence-electron chi connectivity index (χ3n) is 3.12. The first-order valence-corrected chi connectivity index (χ1v) is 5.95. The molecule has 0 fully saturated rings. The topological polar surface area (TPSA) is 175 Å². The van der Waals surface area contributed by atoms with Gasteiger partial charge in [-0.15, -0.1) is 0 Å². The number of carboxylic acid groups (broad SMARTS) is 4. The number of hydrogen-bond acceptors (Lipinski definition) is 5. The molecule has 22 heavy (non-hydrogen) atoms. The molecule has 6 N–H and O–H groups in total. The molecule has 0 heterocycles. The Kier molecular flexibility index (Phi) is 5.06. The van der Waals surface area contributed by atoms with E-state index in [4.69, 9.17) is 26.2 Å². The fourth-order valence-electron chi connectivity index (χ4n) is 2.01. The van der Waals surface area contributed by atoms with E-state index in [0.717, 1.165) is 0 Å². The number of carbonyl (C=O) groups is 4. The molecule has 118 valence electrons. The number of nitrogen functional groups attached to an aromatic ring is 1. The van der Waals surface area contributed by atoms with Crippen molar-refractivity contribution in [3.63, 3.8) is 0 Å². The average molecular weight is 311 g/mol. The van der Waals surface area contributed by atoms with Crippen LogP contribution in [-0.4, -0.2) is 44.3 Å². The summed E-state index contributed by atoms with van der Waals surface area (Å²) in [6, 6.07) is 3.83. The Hall–Kier alpha value is -3.10. The van der Waals surface area contributed by atoms with Crippen molar-refractivity contribution in [2.45, 2.75) is 6.42 Å². The number of aromatic carboxylic acids is 1. The normalized spacial score (nSPS) is 11.9. The molecule has 0 amide bonds. The standard InChI is InChI=1S/C13H13NO8/c14-9-5(2-1-3-6(9)10(15)16)4-7(11(17)18)8(12(19)20)13(21)22/h1-3,7-8H,4,14H2,(H,15,16)(H,17,18)(H,19,20)(H,21,22). The second-order valence-corrected chi connectivity index (χ2v) is 4.49. The lowest BCUT2D eigenvalue weighted by molar-refractivity contribution is -0.164. The van der Waals surface area contributed by atoms with Gasteiger partial charge in [-0.3, -0.25) is 14.4 Å². The summed E-state index contributed by atoms with van der Waals surface area (Å²) in [5.41, 5.74) is 5.17. The fraction of sp³-hybridized carbons (Fsp3) is 0.231. The molecule has 0 aliphatic carbocycles. The summed E-state index contributed by atoms with van der Waals surface area (Å²) in [4.78, 5) is 44.1. The van der Waals surface area contributed by atoms with Crippen molar-refractivity contribution in [3.8, 4) is 0 Å². The Morgan fingerprint density at radius 3 is 1.91 bits per heavy atom. The highest BCUT2D eigenvalue weighted by Crippen LogP contribution is 2.25. The fourth-order valence-corrected chi connectivity index (χ4v) is 2.01. The van der Waals surface area contributed by atoms with Crippen LogP contribution in [0.15, 0.2) is 18.2 Å². The summed E-state index contributed by atoms with van der Waals surface area (Å²) < 4.78 is 0. The zero-order valence-electron chi connectivity index (χ0n) is 11.1. The van der Waals surface area contributed by atoms with Gasteiger partial charge in [0.15, 0.2) is 5.92 Å². The van der Waals surface area contributed by atoms with Gasteiger partial charge in [-0.1, -0.05) is 12.1 Å². The van der Waals surface area contributed by atoms with Gasteiger partial charge in [-0.05, 0) is 18.1 Å². The van der Waals surface area contributed by atoms with Crippen molar-refractivity contribution >= 4 is 29.6 Å². The Labute approximate surface area is 123 Å². The first kappa shape index (κ1) is 17.0. The molecule has 0 bridgehead atoms. The number of rotatable bonds is 7. The van der Waals surface area contributed by atoms with Crippen LogP contribution in [0, 0.1) is 11.8 Å². The van der Waals surface area contributed by atoms with Gasteiger partial charge >= 0.3 is 23.9 Å². The zero-order chi connectivity index (χ0) is 17.0. The minimum Gasteiger partial charge on any atom is -0.481 e. The number of aliphatic carboxylic acids is 3. The Balaban J connectivity index is 3.25. The first-order chi connectivity index (χ1) is 10.2. The van der Waals surface area contributed by atoms with Gasteiger partial charge in [0.05, 0.1) is 11.5 Å². The molecule has 1 aromatic rings. The summed E-state index contributed by atoms with van der Waals surface area (Å²) in [6.07, 6.45) is -0.522. The Bertz CT molecular complexity index is 625. The molecule has 1 unspecified atom stereocenters. The molecule has 9 heteroatoms. The largest absolute Gasteiger partial charge is 0.481 e. The van der Waals surface area contributed by atoms with Crippen LogP contribution in [-0.2, 0) is 20.8 Å². The predicted octanol–water partition coefficient (Wildman–Crippen LogP) is -0.00430. The molecule has 1 aromatic carbocycles. The summed E-state index contributed by atoms with van der Waals surface area (Å²) in [5.74, 6) is -10.5. The van der Waals surface area contributed by atoms with Crippen molar-refractivity contribution in [2.24, 2.45) is 11.8 Å². The molecule has 1 atom stereocenters. The SMILES string of the molecule is Nc1c(CC(C(=O)O)C(C(=O)O)C(=O)O)cccc1C(=O)O. The smallest absolute Gasteiger partial charge is 0.337 e. The highest BCUT2D eigenvalue weighted by molar-refractivity contribution is 5.98. The molecule has 0 spiro atoms. The number of nitrogens with two attached hydrogens (primary N) is 1. The molecule has 0 aliphatic heterocycles. The van der Waals surface area contributed by atoms with Crippen LogP contribution >= 0.6 is 0 Å². The minimum absolute atomic E-state index is 0.0554. The summed E-state index contributed by atoms with van der Waals surface area (Å²) >= 11 is 0. The third kappa shape index (κ3) is 3.51. The van der Waals surface area contributed by atoms with Crippen LogP contribution in [0.3, 0.4) is 0 Å². The Morgan fingerprint density at radius 1 is 0.955 bits per heavy atom. The molecule has 9 nitrogen and oxygen atoms in total. The average Bonchev–Trinajstić information content (AvgIpc) is 2.38. The lowest BCUT2D eigenvalue weighted by Gasteiger charge is -2.18. The third-order valence-corrected chi connectivity index (χ3v) is 3.12. The lowest BCUT2D eigenvalue weighted by Crippen LogP contribution is -2.37. The Morgan fingerprint density at radius 2 is 1.50 bits per heavy atom. The first-order valence-electron chi connectivity index (χ1n) is 5.95. The lowest BCUT2D eigenvalue weighted by atomic mass is 9.86. The number of carboxylic acids is 4. The minimum atomic E-state index is -2.18. The molecule has 0 saturated heterocycles. The van der Waals surface area contributed by atoms with Crippen molar-refractivity contribution < 1.29 is 39.6 Å². The molecule has 0 radical (unpaired) electrons. The summed E-state index contributed by atoms with van der Waals surface area (Å²) in [7, 11) is 0. The van der Waals surface area contributed by atoms with E-state index in [0.29, 0.717) is 0 Å². The van der Waals surface area contributed by atoms with Crippen molar-refractivity contribution in [2.75, 3.05) is 5.73 Å². The van der Waals surface area contributed by atoms with Crippen LogP contribution in [0.1, 0.15) is 15.9 Å². The van der Waals surface area contributed by atoms with Crippen LogP contribution in [0.25, 0.3) is 0 Å². The van der Waals surface area contributed by atoms with Crippen LogP contribution < -0.4 is 5.73 Å². The highest BCUT2D eigenvalue weighted by atomic mass is 16.4. The monoisotopic (exact) mass is 311 g/mol. The highest BCUT2D eigenvalue weighted by Gasteiger charge is 2.40. The van der Waals surface area contributed by atoms with E-state index in [1.54, 1.807) is 0 Å². The number of benzene rings is 1. The van der Waals surface area contributed by atoms with Gasteiger partial charge in [-0.2, -0.15) is 0 Å². The van der Waals surface area contributed by atoms with E-state index in [1.165, 1.54) is 18.2 Å². The second-order valence-electron chi connectivity index (χ2n) is 4.49. The summed E-state index contributed by atoms with van der Waals surface area (Å²) in [5, 5.41) is 35.8. The zero-order valence-corrected chi connectivity index (χ0v) is 11.1. The van der Waals surface area contributed by atoms with Crippen molar-refractivity contribution in [3.05, 3.63) is 29.3 Å². The maximum absolute atomic E-state index is 11.2. The summed E-state index contributed by atoms with van der Waals surface area (Å²) in [6.45, 7) is 0. The number of para-hydroxylation sites is 1. The van der Waals surface area contributed by atoms with Crippen molar-refractivity contribution in [1.29, 1.82) is 0 Å². The van der Waals surface area contributed by atoms with Gasteiger partial charge in [0.25, 0.3) is 0 Å². The molecular formula is C13H13NO8. The molecule has 1 rings (SSSR count). The predicted molar refractivity (Wildman–Crippen MR) is 71.4 cm³/mol. The second kappa shape index (κ2) is 6.57. The van der Waals surface area contributed by atoms with E-state index in [9.17, 15) is 19.2 Å². The van der Waals surface area contributed by atoms with E-state index in [1.807, 2.05) is 0 Å². The van der Waals surface area contributed by atoms with Gasteiger partial charge in [0, 0.05) is 5.69 Å². The number of hydrogen-bond donors (Lipinski definition) is 5. The molecule has 0 aliphatic rings. The van der Waals surface area contributed by atoms with Crippen LogP contribution in [0.4, 0.5) is 5.69 Å². The quantitative estimate of drug-likeness (QED) is 0.342.